The highest BCUT2D eigenvalue weighted by atomic mass is 19.1. The van der Waals surface area contributed by atoms with Crippen molar-refractivity contribution in [3.63, 3.8) is 0 Å². The van der Waals surface area contributed by atoms with Gasteiger partial charge in [0.2, 0.25) is 0 Å². The number of hydrogen-bond acceptors (Lipinski definition) is 5. The third-order valence-corrected chi connectivity index (χ3v) is 2.46. The van der Waals surface area contributed by atoms with Gasteiger partial charge < -0.3 is 0 Å². The zero-order valence-corrected chi connectivity index (χ0v) is 12.3. The normalized spacial score (nSPS) is 8.50. The summed E-state index contributed by atoms with van der Waals surface area (Å²) in [5.41, 5.74) is -0.929. The van der Waals surface area contributed by atoms with Gasteiger partial charge in [-0.2, -0.15) is 0 Å². The SMILES string of the molecule is C.O=Cc1cc(F)cc([N+](=O)[O-])c1.[B].[C-]#[N+]c1cc(F)cc([N+](=O)[O-])c1. The minimum Gasteiger partial charge on any atom is -0.298 e. The van der Waals surface area contributed by atoms with Gasteiger partial charge in [-0.1, -0.05) is 7.43 Å². The Morgan fingerprint density at radius 3 is 1.81 bits per heavy atom. The van der Waals surface area contributed by atoms with Crippen molar-refractivity contribution >= 4 is 31.8 Å². The van der Waals surface area contributed by atoms with Crippen LogP contribution < -0.4 is 0 Å². The Kier molecular flexibility index (Phi) is 10.4. The van der Waals surface area contributed by atoms with Crippen LogP contribution in [0.3, 0.4) is 0 Å². The quantitative estimate of drug-likeness (QED) is 0.269. The van der Waals surface area contributed by atoms with E-state index in [2.05, 4.69) is 4.85 Å². The number of nitro groups is 2. The van der Waals surface area contributed by atoms with E-state index in [9.17, 15) is 33.8 Å². The molecule has 2 aromatic rings. The molecular weight excluding hydrogens is 351 g/mol. The molecule has 0 aliphatic rings. The first-order chi connectivity index (χ1) is 11.3. The molecule has 3 radical (unpaired) electrons. The summed E-state index contributed by atoms with van der Waals surface area (Å²) in [5.74, 6) is -1.55. The predicted octanol–water partition coefficient (Wildman–Crippen LogP) is 4.09. The third-order valence-electron chi connectivity index (χ3n) is 2.46. The van der Waals surface area contributed by atoms with Crippen LogP contribution in [0.1, 0.15) is 17.8 Å². The van der Waals surface area contributed by atoms with Gasteiger partial charge in [-0.3, -0.25) is 25.0 Å². The van der Waals surface area contributed by atoms with Crippen molar-refractivity contribution < 1.29 is 23.4 Å². The maximum Gasteiger partial charge on any atom is 0.273 e. The van der Waals surface area contributed by atoms with Crippen LogP contribution in [0, 0.1) is 38.4 Å². The van der Waals surface area contributed by atoms with Gasteiger partial charge in [0.15, 0.2) is 5.69 Å². The summed E-state index contributed by atoms with van der Waals surface area (Å²) in [7, 11) is 0. The fourth-order valence-corrected chi connectivity index (χ4v) is 1.50. The number of hydrogen-bond donors (Lipinski definition) is 0. The van der Waals surface area contributed by atoms with Crippen molar-refractivity contribution in [2.75, 3.05) is 0 Å². The molecule has 0 spiro atoms. The molecule has 0 fully saturated rings. The lowest BCUT2D eigenvalue weighted by Crippen LogP contribution is -1.91. The molecule has 0 saturated carbocycles. The van der Waals surface area contributed by atoms with E-state index in [4.69, 9.17) is 6.57 Å². The van der Waals surface area contributed by atoms with E-state index < -0.39 is 32.9 Å². The Labute approximate surface area is 148 Å². The number of rotatable bonds is 3. The topological polar surface area (TPSA) is 108 Å². The standard InChI is InChI=1S/C7H3FN2O2.C7H4FNO3.CH4.B/c1-9-6-2-5(8)3-7(4-6)10(11)12;8-6-1-5(4-10)2-7(3-6)9(11)12;;/h2-4H;1-4H;1H4;. The molecular formula is C15H11BF2N3O5. The maximum absolute atomic E-state index is 12.5. The van der Waals surface area contributed by atoms with Crippen molar-refractivity contribution in [3.8, 4) is 0 Å². The molecule has 2 aromatic carbocycles. The molecule has 0 aliphatic carbocycles. The van der Waals surface area contributed by atoms with Crippen LogP contribution in [0.25, 0.3) is 4.85 Å². The molecule has 0 N–H and O–H groups in total. The summed E-state index contributed by atoms with van der Waals surface area (Å²) in [6.45, 7) is 6.51. The van der Waals surface area contributed by atoms with Gasteiger partial charge >= 0.3 is 0 Å². The third kappa shape index (κ3) is 7.26. The number of nitro benzene ring substituents is 2. The van der Waals surface area contributed by atoms with Gasteiger partial charge in [0.25, 0.3) is 11.4 Å². The molecule has 0 aliphatic heterocycles. The van der Waals surface area contributed by atoms with E-state index in [-0.39, 0.29) is 27.1 Å². The average Bonchev–Trinajstić information content (AvgIpc) is 2.54. The van der Waals surface area contributed by atoms with Crippen molar-refractivity contribution in [2.45, 2.75) is 7.43 Å². The molecule has 26 heavy (non-hydrogen) atoms. The first kappa shape index (κ1) is 24.6. The Bertz CT molecular complexity index is 856. The van der Waals surface area contributed by atoms with Crippen LogP contribution in [0.2, 0.25) is 0 Å². The van der Waals surface area contributed by atoms with E-state index in [1.807, 2.05) is 0 Å². The number of carbonyl (C=O) groups excluding carboxylic acids is 1. The zero-order valence-electron chi connectivity index (χ0n) is 12.3. The summed E-state index contributed by atoms with van der Waals surface area (Å²) in [6, 6.07) is 5.44. The van der Waals surface area contributed by atoms with Crippen LogP contribution in [-0.2, 0) is 0 Å². The summed E-state index contributed by atoms with van der Waals surface area (Å²) in [6.07, 6.45) is 0.357. The Hall–Kier alpha value is -3.68. The van der Waals surface area contributed by atoms with Gasteiger partial charge in [0.1, 0.15) is 17.9 Å². The van der Waals surface area contributed by atoms with Crippen LogP contribution >= 0.6 is 0 Å². The van der Waals surface area contributed by atoms with Gasteiger partial charge in [-0.05, 0) is 12.1 Å². The summed E-state index contributed by atoms with van der Waals surface area (Å²) >= 11 is 0. The lowest BCUT2D eigenvalue weighted by atomic mass is 10.2. The molecule has 0 bridgehead atoms. The minimum atomic E-state index is -0.786. The highest BCUT2D eigenvalue weighted by Crippen LogP contribution is 2.21. The van der Waals surface area contributed by atoms with Crippen LogP contribution in [0.5, 0.6) is 0 Å². The average molecular weight is 362 g/mol. The highest BCUT2D eigenvalue weighted by Gasteiger charge is 2.09. The van der Waals surface area contributed by atoms with E-state index in [0.717, 1.165) is 36.4 Å². The fraction of sp³-hybridized carbons (Fsp3) is 0.0667. The van der Waals surface area contributed by atoms with E-state index in [1.165, 1.54) is 0 Å². The number of carbonyl (C=O) groups is 1. The fourth-order valence-electron chi connectivity index (χ4n) is 1.50. The van der Waals surface area contributed by atoms with Crippen LogP contribution in [0.4, 0.5) is 25.8 Å². The summed E-state index contributed by atoms with van der Waals surface area (Å²) in [5, 5.41) is 20.3. The molecule has 11 heteroatoms. The van der Waals surface area contributed by atoms with Gasteiger partial charge in [0, 0.05) is 32.2 Å². The van der Waals surface area contributed by atoms with Gasteiger partial charge in [0.05, 0.1) is 22.5 Å². The minimum absolute atomic E-state index is 0. The van der Waals surface area contributed by atoms with Gasteiger partial charge in [-0.15, -0.1) is 0 Å². The molecule has 133 valence electrons. The first-order valence-corrected chi connectivity index (χ1v) is 5.99. The van der Waals surface area contributed by atoms with Crippen molar-refractivity contribution in [3.05, 3.63) is 85.2 Å². The van der Waals surface area contributed by atoms with Crippen LogP contribution in [0.15, 0.2) is 36.4 Å². The highest BCUT2D eigenvalue weighted by molar-refractivity contribution is 5.76. The number of nitrogens with zero attached hydrogens (tertiary/aromatic N) is 3. The molecule has 0 unspecified atom stereocenters. The lowest BCUT2D eigenvalue weighted by molar-refractivity contribution is -0.385. The number of halogens is 2. The Morgan fingerprint density at radius 2 is 1.38 bits per heavy atom. The molecule has 0 amide bonds. The maximum atomic E-state index is 12.5. The first-order valence-electron chi connectivity index (χ1n) is 5.99. The second kappa shape index (κ2) is 11.0. The van der Waals surface area contributed by atoms with E-state index in [1.54, 1.807) is 0 Å². The van der Waals surface area contributed by atoms with Crippen molar-refractivity contribution in [1.82, 2.24) is 0 Å². The smallest absolute Gasteiger partial charge is 0.273 e. The van der Waals surface area contributed by atoms with E-state index >= 15 is 0 Å². The predicted molar refractivity (Wildman–Crippen MR) is 90.2 cm³/mol. The summed E-state index contributed by atoms with van der Waals surface area (Å²) < 4.78 is 25.0. The monoisotopic (exact) mass is 362 g/mol. The lowest BCUT2D eigenvalue weighted by Gasteiger charge is -1.92. The molecule has 0 heterocycles. The molecule has 0 aromatic heterocycles. The molecule has 0 saturated heterocycles. The number of benzene rings is 2. The van der Waals surface area contributed by atoms with Gasteiger partial charge in [-0.25, -0.2) is 13.6 Å². The van der Waals surface area contributed by atoms with Crippen molar-refractivity contribution in [2.24, 2.45) is 0 Å². The Morgan fingerprint density at radius 1 is 0.923 bits per heavy atom. The second-order valence-corrected chi connectivity index (χ2v) is 4.15. The zero-order chi connectivity index (χ0) is 18.3. The number of aldehydes is 1. The largest absolute Gasteiger partial charge is 0.298 e. The second-order valence-electron chi connectivity index (χ2n) is 4.15. The van der Waals surface area contributed by atoms with Crippen LogP contribution in [-0.4, -0.2) is 24.5 Å². The Balaban J connectivity index is 0. The van der Waals surface area contributed by atoms with Crippen molar-refractivity contribution in [1.29, 1.82) is 0 Å². The van der Waals surface area contributed by atoms with E-state index in [0.29, 0.717) is 6.29 Å². The molecule has 0 atom stereocenters. The molecule has 2 rings (SSSR count). The molecule has 8 nitrogen and oxygen atoms in total. The number of non-ortho nitro benzene ring substituents is 2. The summed E-state index contributed by atoms with van der Waals surface area (Å²) in [4.78, 5) is 31.8.